The predicted molar refractivity (Wildman–Crippen MR) is 80.7 cm³/mol. The molecule has 3 aliphatic rings. The summed E-state index contributed by atoms with van der Waals surface area (Å²) in [5.41, 5.74) is 0. The van der Waals surface area contributed by atoms with E-state index in [1.807, 2.05) is 0 Å². The van der Waals surface area contributed by atoms with E-state index in [0.29, 0.717) is 17.6 Å². The Morgan fingerprint density at radius 3 is 1.47 bits per heavy atom. The maximum atomic E-state index is 6.56. The van der Waals surface area contributed by atoms with Crippen molar-refractivity contribution in [2.24, 2.45) is 11.8 Å². The van der Waals surface area contributed by atoms with Gasteiger partial charge in [0.25, 0.3) is 0 Å². The van der Waals surface area contributed by atoms with E-state index in [0.717, 1.165) is 24.7 Å². The van der Waals surface area contributed by atoms with Crippen molar-refractivity contribution >= 4 is 11.6 Å². The summed E-state index contributed by atoms with van der Waals surface area (Å²) in [7, 11) is 0. The van der Waals surface area contributed by atoms with E-state index in [1.54, 1.807) is 0 Å². The average Bonchev–Trinajstić information content (AvgIpc) is 2.48. The van der Waals surface area contributed by atoms with Crippen LogP contribution in [0.2, 0.25) is 0 Å². The molecule has 2 saturated carbocycles. The van der Waals surface area contributed by atoms with Crippen LogP contribution in [0.15, 0.2) is 0 Å². The molecule has 1 aliphatic heterocycles. The monoisotopic (exact) mass is 284 g/mol. The van der Waals surface area contributed by atoms with Crippen molar-refractivity contribution in [3.05, 3.63) is 0 Å². The summed E-state index contributed by atoms with van der Waals surface area (Å²) in [6, 6.07) is 0. The number of ether oxygens (including phenoxy) is 1. The third kappa shape index (κ3) is 3.67. The predicted octanol–water partition coefficient (Wildman–Crippen LogP) is 5.30. The van der Waals surface area contributed by atoms with E-state index in [-0.39, 0.29) is 0 Å². The van der Waals surface area contributed by atoms with Crippen LogP contribution in [-0.2, 0) is 4.74 Å². The number of hydrogen-bond donors (Lipinski definition) is 0. The fourth-order valence-electron chi connectivity index (χ4n) is 4.56. The molecule has 3 fully saturated rings. The van der Waals surface area contributed by atoms with Crippen molar-refractivity contribution in [2.75, 3.05) is 0 Å². The molecule has 2 heteroatoms. The Labute approximate surface area is 123 Å². The highest BCUT2D eigenvalue weighted by molar-refractivity contribution is 6.20. The molecule has 1 saturated heterocycles. The summed E-state index contributed by atoms with van der Waals surface area (Å²) >= 11 is 6.56. The normalized spacial score (nSPS) is 39.3. The van der Waals surface area contributed by atoms with Crippen LogP contribution < -0.4 is 0 Å². The van der Waals surface area contributed by atoms with Crippen molar-refractivity contribution in [1.29, 1.82) is 0 Å². The third-order valence-corrected chi connectivity index (χ3v) is 6.03. The van der Waals surface area contributed by atoms with Gasteiger partial charge in [-0.05, 0) is 50.4 Å². The second-order valence-corrected chi connectivity index (χ2v) is 7.70. The number of hydrogen-bond acceptors (Lipinski definition) is 1. The first-order chi connectivity index (χ1) is 9.33. The van der Waals surface area contributed by atoms with Gasteiger partial charge in [-0.3, -0.25) is 0 Å². The van der Waals surface area contributed by atoms with Crippen molar-refractivity contribution < 1.29 is 4.74 Å². The molecule has 0 bridgehead atoms. The van der Waals surface area contributed by atoms with Crippen molar-refractivity contribution in [1.82, 2.24) is 0 Å². The van der Waals surface area contributed by atoms with Gasteiger partial charge >= 0.3 is 0 Å². The van der Waals surface area contributed by atoms with Gasteiger partial charge in [-0.1, -0.05) is 38.5 Å². The highest BCUT2D eigenvalue weighted by Crippen LogP contribution is 2.40. The van der Waals surface area contributed by atoms with Crippen LogP contribution in [0.25, 0.3) is 0 Å². The van der Waals surface area contributed by atoms with E-state index in [4.69, 9.17) is 16.3 Å². The molecule has 0 aromatic rings. The van der Waals surface area contributed by atoms with E-state index < -0.39 is 0 Å². The van der Waals surface area contributed by atoms with Gasteiger partial charge in [-0.15, -0.1) is 11.6 Å². The first kappa shape index (κ1) is 14.2. The van der Waals surface area contributed by atoms with Crippen LogP contribution in [0.3, 0.4) is 0 Å². The zero-order chi connectivity index (χ0) is 13.1. The largest absolute Gasteiger partial charge is 0.374 e. The molecule has 0 aromatic heterocycles. The van der Waals surface area contributed by atoms with Gasteiger partial charge in [0.05, 0.1) is 12.2 Å². The second kappa shape index (κ2) is 6.80. The Kier molecular flexibility index (Phi) is 5.08. The van der Waals surface area contributed by atoms with Crippen molar-refractivity contribution in [2.45, 2.75) is 94.6 Å². The molecule has 0 aromatic carbocycles. The first-order valence-corrected chi connectivity index (χ1v) is 9.06. The lowest BCUT2D eigenvalue weighted by Crippen LogP contribution is -2.42. The summed E-state index contributed by atoms with van der Waals surface area (Å²) in [5.74, 6) is 1.61. The second-order valence-electron chi connectivity index (χ2n) is 7.08. The molecule has 1 nitrogen and oxygen atoms in total. The van der Waals surface area contributed by atoms with Gasteiger partial charge in [-0.25, -0.2) is 0 Å². The molecule has 0 amide bonds. The Morgan fingerprint density at radius 1 is 0.632 bits per heavy atom. The van der Waals surface area contributed by atoms with E-state index in [2.05, 4.69) is 0 Å². The smallest absolute Gasteiger partial charge is 0.0621 e. The highest BCUT2D eigenvalue weighted by atomic mass is 35.5. The minimum Gasteiger partial charge on any atom is -0.374 e. The Morgan fingerprint density at radius 2 is 1.05 bits per heavy atom. The standard InChI is InChI=1S/C17H29ClO/c18-15-11-16(13-7-3-1-4-8-13)19-17(12-15)14-9-5-2-6-10-14/h13-17H,1-12H2/t15?,16-,17+. The zero-order valence-corrected chi connectivity index (χ0v) is 12.9. The summed E-state index contributed by atoms with van der Waals surface area (Å²) in [6.07, 6.45) is 17.2. The molecule has 3 atom stereocenters. The van der Waals surface area contributed by atoms with Gasteiger partial charge in [0.15, 0.2) is 0 Å². The number of alkyl halides is 1. The van der Waals surface area contributed by atoms with Gasteiger partial charge in [-0.2, -0.15) is 0 Å². The Bertz CT molecular complexity index is 242. The Hall–Kier alpha value is 0.250. The zero-order valence-electron chi connectivity index (χ0n) is 12.2. The van der Waals surface area contributed by atoms with Crippen molar-refractivity contribution in [3.8, 4) is 0 Å². The van der Waals surface area contributed by atoms with Crippen LogP contribution in [0.1, 0.15) is 77.0 Å². The minimum absolute atomic E-state index is 0.368. The van der Waals surface area contributed by atoms with E-state index in [9.17, 15) is 0 Å². The number of rotatable bonds is 2. The lowest BCUT2D eigenvalue weighted by molar-refractivity contribution is -0.110. The highest BCUT2D eigenvalue weighted by Gasteiger charge is 2.37. The lowest BCUT2D eigenvalue weighted by atomic mass is 9.78. The van der Waals surface area contributed by atoms with Crippen LogP contribution >= 0.6 is 11.6 Å². The molecule has 1 heterocycles. The van der Waals surface area contributed by atoms with Crippen LogP contribution in [0.4, 0.5) is 0 Å². The third-order valence-electron chi connectivity index (χ3n) is 5.68. The van der Waals surface area contributed by atoms with Gasteiger partial charge in [0.1, 0.15) is 0 Å². The van der Waals surface area contributed by atoms with Crippen LogP contribution in [0, 0.1) is 11.8 Å². The Balaban J connectivity index is 1.59. The van der Waals surface area contributed by atoms with E-state index >= 15 is 0 Å². The fraction of sp³-hybridized carbons (Fsp3) is 1.00. The lowest BCUT2D eigenvalue weighted by Gasteiger charge is -2.42. The molecule has 110 valence electrons. The molecule has 0 spiro atoms. The van der Waals surface area contributed by atoms with Crippen LogP contribution in [0.5, 0.6) is 0 Å². The molecule has 0 radical (unpaired) electrons. The maximum absolute atomic E-state index is 6.56. The quantitative estimate of drug-likeness (QED) is 0.625. The molecule has 19 heavy (non-hydrogen) atoms. The minimum atomic E-state index is 0.368. The number of halogens is 1. The SMILES string of the molecule is ClC1C[C@@H](C2CCCCC2)O[C@@H](C2CCCCC2)C1. The fourth-order valence-corrected chi connectivity index (χ4v) is 4.91. The molecular weight excluding hydrogens is 256 g/mol. The molecular formula is C17H29ClO. The molecule has 2 aliphatic carbocycles. The molecule has 1 unspecified atom stereocenters. The topological polar surface area (TPSA) is 9.23 Å². The van der Waals surface area contributed by atoms with Gasteiger partial charge in [0.2, 0.25) is 0 Å². The van der Waals surface area contributed by atoms with Crippen molar-refractivity contribution in [3.63, 3.8) is 0 Å². The summed E-state index contributed by atoms with van der Waals surface area (Å²) < 4.78 is 6.55. The summed E-state index contributed by atoms with van der Waals surface area (Å²) in [6.45, 7) is 0. The molecule has 0 N–H and O–H groups in total. The summed E-state index contributed by atoms with van der Waals surface area (Å²) in [5, 5.41) is 0.368. The van der Waals surface area contributed by atoms with Gasteiger partial charge in [0, 0.05) is 5.38 Å². The summed E-state index contributed by atoms with van der Waals surface area (Å²) in [4.78, 5) is 0. The first-order valence-electron chi connectivity index (χ1n) is 8.62. The molecule has 3 rings (SSSR count). The van der Waals surface area contributed by atoms with Crippen LogP contribution in [-0.4, -0.2) is 17.6 Å². The maximum Gasteiger partial charge on any atom is 0.0621 e. The average molecular weight is 285 g/mol. The van der Waals surface area contributed by atoms with E-state index in [1.165, 1.54) is 64.2 Å². The van der Waals surface area contributed by atoms with Gasteiger partial charge < -0.3 is 4.74 Å².